The molecule has 0 radical (unpaired) electrons. The van der Waals surface area contributed by atoms with Gasteiger partial charge in [0.15, 0.2) is 0 Å². The Labute approximate surface area is 256 Å². The predicted molar refractivity (Wildman–Crippen MR) is 164 cm³/mol. The summed E-state index contributed by atoms with van der Waals surface area (Å²) in [4.78, 5) is 0. The van der Waals surface area contributed by atoms with Gasteiger partial charge in [0.05, 0.1) is 37.2 Å². The first-order valence-corrected chi connectivity index (χ1v) is 14.2. The van der Waals surface area contributed by atoms with Crippen molar-refractivity contribution in [3.63, 3.8) is 0 Å². The maximum atomic E-state index is 8.55. The van der Waals surface area contributed by atoms with Crippen molar-refractivity contribution in [1.82, 2.24) is 0 Å². The summed E-state index contributed by atoms with van der Waals surface area (Å²) in [6.07, 6.45) is 6.02. The van der Waals surface area contributed by atoms with Crippen LogP contribution in [0.1, 0.15) is 37.3 Å². The first kappa shape index (κ1) is 31.2. The molecule has 0 aliphatic rings. The van der Waals surface area contributed by atoms with E-state index < -0.39 is 0 Å². The minimum absolute atomic E-state index is 0.0972. The number of benzene rings is 4. The number of rotatable bonds is 16. The summed E-state index contributed by atoms with van der Waals surface area (Å²) in [5.74, 6) is 2.57. The molecule has 44 heavy (non-hydrogen) atoms. The summed E-state index contributed by atoms with van der Waals surface area (Å²) in [5.41, 5.74) is 3.43. The second-order valence-corrected chi connectivity index (χ2v) is 9.60. The number of nitriles is 2. The van der Waals surface area contributed by atoms with E-state index in [1.165, 1.54) is 0 Å². The van der Waals surface area contributed by atoms with Crippen LogP contribution in [0.25, 0.3) is 0 Å². The van der Waals surface area contributed by atoms with E-state index >= 15 is 0 Å². The van der Waals surface area contributed by atoms with Crippen LogP contribution in [0.5, 0.6) is 23.0 Å². The van der Waals surface area contributed by atoms with Gasteiger partial charge in [-0.1, -0.05) is 31.2 Å². The van der Waals surface area contributed by atoms with Gasteiger partial charge in [-0.3, -0.25) is 0 Å². The van der Waals surface area contributed by atoms with Crippen molar-refractivity contribution in [3.05, 3.63) is 108 Å². The molecule has 0 spiro atoms. The predicted octanol–water partition coefficient (Wildman–Crippen LogP) is 8.99. The zero-order valence-corrected chi connectivity index (χ0v) is 24.4. The molecule has 4 aromatic carbocycles. The maximum absolute atomic E-state index is 8.55. The number of hydrogen-bond acceptors (Lipinski definition) is 10. The third-order valence-electron chi connectivity index (χ3n) is 6.42. The van der Waals surface area contributed by atoms with E-state index in [4.69, 9.17) is 29.5 Å². The lowest BCUT2D eigenvalue weighted by Crippen LogP contribution is -2.16. The van der Waals surface area contributed by atoms with Crippen molar-refractivity contribution >= 4 is 11.4 Å². The molecule has 10 heteroatoms. The van der Waals surface area contributed by atoms with E-state index in [0.29, 0.717) is 42.6 Å². The SMILES string of the molecule is CCC(CCCOc1ccc(CN=Nc2ccc(OC#N)cc2)cc1)Oc1ccc(CN=Nc2ccc(OC#N)cc2)cc1. The maximum Gasteiger partial charge on any atom is 0.292 e. The van der Waals surface area contributed by atoms with Crippen LogP contribution in [-0.4, -0.2) is 12.7 Å². The molecule has 0 N–H and O–H groups in total. The van der Waals surface area contributed by atoms with Crippen LogP contribution in [0, 0.1) is 23.0 Å². The summed E-state index contributed by atoms with van der Waals surface area (Å²) >= 11 is 0. The normalized spacial score (nSPS) is 11.5. The molecule has 0 bridgehead atoms. The van der Waals surface area contributed by atoms with Gasteiger partial charge >= 0.3 is 0 Å². The summed E-state index contributed by atoms with van der Waals surface area (Å²) in [5, 5.41) is 34.0. The van der Waals surface area contributed by atoms with Crippen molar-refractivity contribution in [1.29, 1.82) is 10.5 Å². The van der Waals surface area contributed by atoms with Gasteiger partial charge in [0.2, 0.25) is 0 Å². The van der Waals surface area contributed by atoms with Crippen molar-refractivity contribution in [2.24, 2.45) is 20.5 Å². The molecule has 0 amide bonds. The Hall–Kier alpha value is -5.74. The average molecular weight is 589 g/mol. The highest BCUT2D eigenvalue weighted by atomic mass is 16.5. The van der Waals surface area contributed by atoms with Gasteiger partial charge in [-0.15, -0.1) is 10.5 Å². The van der Waals surface area contributed by atoms with E-state index in [0.717, 1.165) is 41.9 Å². The molecule has 1 atom stereocenters. The fourth-order valence-corrected chi connectivity index (χ4v) is 4.07. The van der Waals surface area contributed by atoms with Crippen LogP contribution in [-0.2, 0) is 13.1 Å². The molecule has 0 fully saturated rings. The second-order valence-electron chi connectivity index (χ2n) is 9.60. The Morgan fingerprint density at radius 3 is 1.52 bits per heavy atom. The number of azo groups is 2. The minimum atomic E-state index is 0.0972. The van der Waals surface area contributed by atoms with Crippen LogP contribution in [0.3, 0.4) is 0 Å². The van der Waals surface area contributed by atoms with Crippen molar-refractivity contribution in [2.75, 3.05) is 6.61 Å². The summed E-state index contributed by atoms with van der Waals surface area (Å²) in [6.45, 7) is 3.62. The topological polar surface area (TPSA) is 134 Å². The largest absolute Gasteiger partial charge is 0.494 e. The molecular formula is C34H32N6O4. The summed E-state index contributed by atoms with van der Waals surface area (Å²) < 4.78 is 21.6. The molecule has 0 heterocycles. The highest BCUT2D eigenvalue weighted by molar-refractivity contribution is 5.41. The van der Waals surface area contributed by atoms with E-state index in [9.17, 15) is 0 Å². The minimum Gasteiger partial charge on any atom is -0.494 e. The van der Waals surface area contributed by atoms with Crippen molar-refractivity contribution in [3.8, 4) is 35.5 Å². The van der Waals surface area contributed by atoms with Gasteiger partial charge in [0.25, 0.3) is 12.5 Å². The second kappa shape index (κ2) is 17.3. The smallest absolute Gasteiger partial charge is 0.292 e. The lowest BCUT2D eigenvalue weighted by Gasteiger charge is -2.18. The Kier molecular flexibility index (Phi) is 12.2. The van der Waals surface area contributed by atoms with Crippen LogP contribution in [0.2, 0.25) is 0 Å². The van der Waals surface area contributed by atoms with Gasteiger partial charge in [0, 0.05) is 0 Å². The number of nitrogens with zero attached hydrogens (tertiary/aromatic N) is 6. The van der Waals surface area contributed by atoms with Crippen LogP contribution in [0.4, 0.5) is 11.4 Å². The standard InChI is InChI=1S/C34H32N6O4/c1-2-30(44-34-15-7-27(8-16-34)23-38-40-29-11-19-33(20-12-29)43-25-36)4-3-21-41-31-13-5-26(6-14-31)22-37-39-28-9-17-32(18-10-28)42-24-35/h5-20,30H,2-4,21-23H2,1H3. The fourth-order valence-electron chi connectivity index (χ4n) is 4.07. The Morgan fingerprint density at radius 1 is 0.614 bits per heavy atom. The highest BCUT2D eigenvalue weighted by Gasteiger charge is 2.09. The first-order chi connectivity index (χ1) is 21.6. The van der Waals surface area contributed by atoms with E-state index in [1.807, 2.05) is 48.5 Å². The van der Waals surface area contributed by atoms with Crippen LogP contribution >= 0.6 is 0 Å². The molecule has 0 saturated heterocycles. The van der Waals surface area contributed by atoms with Crippen LogP contribution in [0.15, 0.2) is 118 Å². The van der Waals surface area contributed by atoms with E-state index in [2.05, 4.69) is 27.4 Å². The summed E-state index contributed by atoms with van der Waals surface area (Å²) in [7, 11) is 0. The van der Waals surface area contributed by atoms with Gasteiger partial charge in [-0.2, -0.15) is 20.5 Å². The summed E-state index contributed by atoms with van der Waals surface area (Å²) in [6, 6.07) is 29.4. The highest BCUT2D eigenvalue weighted by Crippen LogP contribution is 2.22. The molecule has 4 aromatic rings. The number of hydrogen-bond donors (Lipinski definition) is 0. The molecule has 0 aliphatic carbocycles. The zero-order chi connectivity index (χ0) is 30.8. The molecular weight excluding hydrogens is 556 g/mol. The average Bonchev–Trinajstić information content (AvgIpc) is 3.06. The quantitative estimate of drug-likeness (QED) is 0.0728. The van der Waals surface area contributed by atoms with Crippen molar-refractivity contribution in [2.45, 2.75) is 45.4 Å². The molecule has 10 nitrogen and oxygen atoms in total. The third-order valence-corrected chi connectivity index (χ3v) is 6.42. The number of ether oxygens (including phenoxy) is 4. The molecule has 0 aliphatic heterocycles. The molecule has 0 aromatic heterocycles. The Morgan fingerprint density at radius 2 is 1.07 bits per heavy atom. The van der Waals surface area contributed by atoms with Gasteiger partial charge in [0.1, 0.15) is 23.0 Å². The molecule has 1 unspecified atom stereocenters. The third kappa shape index (κ3) is 10.6. The fraction of sp³-hybridized carbons (Fsp3) is 0.235. The van der Waals surface area contributed by atoms with Crippen LogP contribution < -0.4 is 18.9 Å². The monoisotopic (exact) mass is 588 g/mol. The molecule has 222 valence electrons. The van der Waals surface area contributed by atoms with E-state index in [-0.39, 0.29) is 6.10 Å². The van der Waals surface area contributed by atoms with Gasteiger partial charge < -0.3 is 18.9 Å². The van der Waals surface area contributed by atoms with Crippen molar-refractivity contribution < 1.29 is 18.9 Å². The Balaban J connectivity index is 1.13. The first-order valence-electron chi connectivity index (χ1n) is 14.2. The lowest BCUT2D eigenvalue weighted by atomic mass is 10.1. The van der Waals surface area contributed by atoms with Gasteiger partial charge in [-0.25, -0.2) is 0 Å². The lowest BCUT2D eigenvalue weighted by molar-refractivity contribution is 0.172. The molecule has 4 rings (SSSR count). The molecule has 0 saturated carbocycles. The Bertz CT molecular complexity index is 1570. The van der Waals surface area contributed by atoms with Gasteiger partial charge in [-0.05, 0) is 103 Å². The zero-order valence-electron chi connectivity index (χ0n) is 24.4. The van der Waals surface area contributed by atoms with E-state index in [1.54, 1.807) is 61.0 Å².